The van der Waals surface area contributed by atoms with Crippen molar-refractivity contribution in [3.05, 3.63) is 65.2 Å². The third kappa shape index (κ3) is 4.08. The van der Waals surface area contributed by atoms with Crippen molar-refractivity contribution in [3.63, 3.8) is 0 Å². The second-order valence-corrected chi connectivity index (χ2v) is 6.60. The van der Waals surface area contributed by atoms with Crippen molar-refractivity contribution in [1.29, 1.82) is 0 Å². The number of para-hydroxylation sites is 1. The van der Waals surface area contributed by atoms with Crippen LogP contribution in [-0.2, 0) is 22.6 Å². The van der Waals surface area contributed by atoms with Gasteiger partial charge in [0.1, 0.15) is 0 Å². The molecule has 0 bridgehead atoms. The Hall–Kier alpha value is -2.62. The Balaban J connectivity index is 1.62. The molecule has 4 nitrogen and oxygen atoms in total. The van der Waals surface area contributed by atoms with Crippen LogP contribution < -0.4 is 4.90 Å². The molecule has 1 aliphatic heterocycles. The van der Waals surface area contributed by atoms with Crippen LogP contribution in [0.3, 0.4) is 0 Å². The topological polar surface area (TPSA) is 40.6 Å². The van der Waals surface area contributed by atoms with Gasteiger partial charge in [-0.3, -0.25) is 9.59 Å². The van der Waals surface area contributed by atoms with E-state index < -0.39 is 0 Å². The monoisotopic (exact) mass is 336 g/mol. The van der Waals surface area contributed by atoms with Gasteiger partial charge in [-0.2, -0.15) is 0 Å². The van der Waals surface area contributed by atoms with Gasteiger partial charge in [-0.05, 0) is 30.5 Å². The molecule has 0 radical (unpaired) electrons. The fourth-order valence-corrected chi connectivity index (χ4v) is 3.34. The Morgan fingerprint density at radius 1 is 1.12 bits per heavy atom. The Labute approximate surface area is 149 Å². The zero-order valence-corrected chi connectivity index (χ0v) is 14.9. The van der Waals surface area contributed by atoms with E-state index in [4.69, 9.17) is 0 Å². The number of anilines is 1. The predicted octanol–water partition coefficient (Wildman–Crippen LogP) is 3.32. The average molecular weight is 336 g/mol. The first kappa shape index (κ1) is 17.2. The Morgan fingerprint density at radius 3 is 2.68 bits per heavy atom. The summed E-state index contributed by atoms with van der Waals surface area (Å²) in [6.07, 6.45) is 1.25. The van der Waals surface area contributed by atoms with Crippen LogP contribution in [0.25, 0.3) is 0 Å². The van der Waals surface area contributed by atoms with Crippen LogP contribution in [0, 0.1) is 6.92 Å². The van der Waals surface area contributed by atoms with Gasteiger partial charge in [0.05, 0.1) is 0 Å². The molecular formula is C21H24N2O2. The maximum absolute atomic E-state index is 12.6. The molecular weight excluding hydrogens is 312 g/mol. The second kappa shape index (κ2) is 7.51. The second-order valence-electron chi connectivity index (χ2n) is 6.60. The number of hydrogen-bond donors (Lipinski definition) is 0. The van der Waals surface area contributed by atoms with Crippen molar-refractivity contribution in [2.75, 3.05) is 18.0 Å². The summed E-state index contributed by atoms with van der Waals surface area (Å²) in [6.45, 7) is 5.32. The molecule has 0 N–H and O–H groups in total. The SMILES string of the molecule is CC(=O)N(CCC(=O)N1CCc2ccccc21)Cc1cccc(C)c1. The van der Waals surface area contributed by atoms with Gasteiger partial charge in [-0.15, -0.1) is 0 Å². The lowest BCUT2D eigenvalue weighted by molar-refractivity contribution is -0.130. The fourth-order valence-electron chi connectivity index (χ4n) is 3.34. The molecule has 2 aromatic rings. The number of hydrogen-bond acceptors (Lipinski definition) is 2. The number of fused-ring (bicyclic) bond motifs is 1. The maximum atomic E-state index is 12.6. The lowest BCUT2D eigenvalue weighted by Crippen LogP contribution is -2.35. The Bertz CT molecular complexity index is 785. The molecule has 3 rings (SSSR count). The number of amides is 2. The van der Waals surface area contributed by atoms with E-state index in [1.54, 1.807) is 11.8 Å². The molecule has 130 valence electrons. The highest BCUT2D eigenvalue weighted by molar-refractivity contribution is 5.95. The van der Waals surface area contributed by atoms with E-state index in [0.717, 1.165) is 24.2 Å². The van der Waals surface area contributed by atoms with Crippen LogP contribution in [0.1, 0.15) is 30.0 Å². The molecule has 2 aromatic carbocycles. The van der Waals surface area contributed by atoms with Crippen molar-refractivity contribution in [1.82, 2.24) is 4.90 Å². The number of aryl methyl sites for hydroxylation is 1. The molecule has 0 unspecified atom stereocenters. The van der Waals surface area contributed by atoms with Gasteiger partial charge >= 0.3 is 0 Å². The zero-order chi connectivity index (χ0) is 17.8. The van der Waals surface area contributed by atoms with Gasteiger partial charge in [0.25, 0.3) is 0 Å². The third-order valence-corrected chi connectivity index (χ3v) is 4.69. The van der Waals surface area contributed by atoms with E-state index in [1.165, 1.54) is 11.1 Å². The summed E-state index contributed by atoms with van der Waals surface area (Å²) in [6, 6.07) is 16.2. The largest absolute Gasteiger partial charge is 0.338 e. The van der Waals surface area contributed by atoms with E-state index in [-0.39, 0.29) is 11.8 Å². The van der Waals surface area contributed by atoms with Crippen LogP contribution in [0.4, 0.5) is 5.69 Å². The molecule has 25 heavy (non-hydrogen) atoms. The van der Waals surface area contributed by atoms with Crippen molar-refractivity contribution in [2.45, 2.75) is 33.2 Å². The highest BCUT2D eigenvalue weighted by atomic mass is 16.2. The first-order valence-electron chi connectivity index (χ1n) is 8.74. The van der Waals surface area contributed by atoms with E-state index >= 15 is 0 Å². The molecule has 1 heterocycles. The molecule has 0 saturated heterocycles. The minimum absolute atomic E-state index is 0.00358. The standard InChI is InChI=1S/C21H24N2O2/c1-16-6-5-7-18(14-16)15-22(17(2)24)12-11-21(25)23-13-10-19-8-3-4-9-20(19)23/h3-9,14H,10-13,15H2,1-2H3. The molecule has 1 aliphatic rings. The van der Waals surface area contributed by atoms with Crippen molar-refractivity contribution < 1.29 is 9.59 Å². The van der Waals surface area contributed by atoms with Crippen molar-refractivity contribution in [2.24, 2.45) is 0 Å². The summed E-state index contributed by atoms with van der Waals surface area (Å²) in [5.74, 6) is 0.0802. The lowest BCUT2D eigenvalue weighted by Gasteiger charge is -2.23. The molecule has 2 amide bonds. The zero-order valence-electron chi connectivity index (χ0n) is 14.9. The first-order valence-corrected chi connectivity index (χ1v) is 8.74. The number of carbonyl (C=O) groups excluding carboxylic acids is 2. The van der Waals surface area contributed by atoms with Gasteiger partial charge in [0, 0.05) is 38.7 Å². The third-order valence-electron chi connectivity index (χ3n) is 4.69. The van der Waals surface area contributed by atoms with E-state index in [1.807, 2.05) is 48.2 Å². The molecule has 0 aromatic heterocycles. The normalized spacial score (nSPS) is 12.8. The van der Waals surface area contributed by atoms with Crippen LogP contribution >= 0.6 is 0 Å². The molecule has 4 heteroatoms. The predicted molar refractivity (Wildman–Crippen MR) is 99.4 cm³/mol. The van der Waals surface area contributed by atoms with Gasteiger partial charge in [-0.1, -0.05) is 48.0 Å². The van der Waals surface area contributed by atoms with E-state index in [2.05, 4.69) is 12.1 Å². The summed E-state index contributed by atoms with van der Waals surface area (Å²) in [5.41, 5.74) is 4.50. The van der Waals surface area contributed by atoms with Crippen molar-refractivity contribution in [3.8, 4) is 0 Å². The Morgan fingerprint density at radius 2 is 1.92 bits per heavy atom. The average Bonchev–Trinajstić information content (AvgIpc) is 3.02. The number of nitrogens with zero attached hydrogens (tertiary/aromatic N) is 2. The number of rotatable bonds is 5. The van der Waals surface area contributed by atoms with Crippen LogP contribution in [-0.4, -0.2) is 29.8 Å². The minimum atomic E-state index is -0.00358. The number of carbonyl (C=O) groups is 2. The maximum Gasteiger partial charge on any atom is 0.228 e. The van der Waals surface area contributed by atoms with Gasteiger partial charge < -0.3 is 9.80 Å². The molecule has 0 fully saturated rings. The van der Waals surface area contributed by atoms with Gasteiger partial charge in [0.2, 0.25) is 11.8 Å². The summed E-state index contributed by atoms with van der Waals surface area (Å²) in [7, 11) is 0. The van der Waals surface area contributed by atoms with E-state index in [9.17, 15) is 9.59 Å². The Kier molecular flexibility index (Phi) is 5.17. The van der Waals surface area contributed by atoms with Gasteiger partial charge in [0.15, 0.2) is 0 Å². The van der Waals surface area contributed by atoms with Crippen LogP contribution in [0.2, 0.25) is 0 Å². The molecule has 0 saturated carbocycles. The number of benzene rings is 2. The molecule has 0 aliphatic carbocycles. The fraction of sp³-hybridized carbons (Fsp3) is 0.333. The first-order chi connectivity index (χ1) is 12.0. The smallest absolute Gasteiger partial charge is 0.228 e. The minimum Gasteiger partial charge on any atom is -0.338 e. The summed E-state index contributed by atoms with van der Waals surface area (Å²) < 4.78 is 0. The quantitative estimate of drug-likeness (QED) is 0.840. The summed E-state index contributed by atoms with van der Waals surface area (Å²) in [4.78, 5) is 28.2. The summed E-state index contributed by atoms with van der Waals surface area (Å²) >= 11 is 0. The molecule has 0 spiro atoms. The molecule has 0 atom stereocenters. The lowest BCUT2D eigenvalue weighted by atomic mass is 10.1. The van der Waals surface area contributed by atoms with Crippen LogP contribution in [0.15, 0.2) is 48.5 Å². The van der Waals surface area contributed by atoms with Crippen molar-refractivity contribution >= 4 is 17.5 Å². The highest BCUT2D eigenvalue weighted by Crippen LogP contribution is 2.27. The highest BCUT2D eigenvalue weighted by Gasteiger charge is 2.24. The summed E-state index contributed by atoms with van der Waals surface area (Å²) in [5, 5.41) is 0. The van der Waals surface area contributed by atoms with Gasteiger partial charge in [-0.25, -0.2) is 0 Å². The van der Waals surface area contributed by atoms with Crippen LogP contribution in [0.5, 0.6) is 0 Å². The van der Waals surface area contributed by atoms with E-state index in [0.29, 0.717) is 19.5 Å².